The van der Waals surface area contributed by atoms with Gasteiger partial charge in [-0.3, -0.25) is 14.1 Å². The minimum absolute atomic E-state index is 0.0262. The lowest BCUT2D eigenvalue weighted by molar-refractivity contribution is 0.253. The van der Waals surface area contributed by atoms with Gasteiger partial charge in [-0.1, -0.05) is 6.07 Å². The summed E-state index contributed by atoms with van der Waals surface area (Å²) < 4.78 is 1.60. The van der Waals surface area contributed by atoms with Gasteiger partial charge in [0, 0.05) is 34.6 Å². The Morgan fingerprint density at radius 3 is 2.78 bits per heavy atom. The van der Waals surface area contributed by atoms with Crippen LogP contribution in [0.1, 0.15) is 34.0 Å². The van der Waals surface area contributed by atoms with Gasteiger partial charge in [-0.25, -0.2) is 4.98 Å². The minimum Gasteiger partial charge on any atom is -0.293 e. The zero-order valence-electron chi connectivity index (χ0n) is 13.9. The Kier molecular flexibility index (Phi) is 4.33. The summed E-state index contributed by atoms with van der Waals surface area (Å²) >= 11 is 1.81. The van der Waals surface area contributed by atoms with E-state index in [1.165, 1.54) is 9.75 Å². The average Bonchev–Trinajstić information content (AvgIpc) is 2.94. The molecule has 120 valence electrons. The third kappa shape index (κ3) is 3.21. The van der Waals surface area contributed by atoms with Gasteiger partial charge in [0.25, 0.3) is 5.56 Å². The van der Waals surface area contributed by atoms with Crippen LogP contribution < -0.4 is 5.56 Å². The number of hydrogen-bond acceptors (Lipinski definition) is 4. The number of nitrogens with zero attached hydrogens (tertiary/aromatic N) is 3. The van der Waals surface area contributed by atoms with E-state index in [2.05, 4.69) is 42.9 Å². The fraction of sp³-hybridized carbons (Fsp3) is 0.333. The first kappa shape index (κ1) is 15.9. The number of aryl methyl sites for hydroxylation is 2. The first-order valence-electron chi connectivity index (χ1n) is 7.70. The summed E-state index contributed by atoms with van der Waals surface area (Å²) in [6.45, 7) is 6.93. The molecule has 1 unspecified atom stereocenters. The lowest BCUT2D eigenvalue weighted by atomic mass is 10.2. The molecular weight excluding hydrogens is 306 g/mol. The van der Waals surface area contributed by atoms with E-state index >= 15 is 0 Å². The highest BCUT2D eigenvalue weighted by atomic mass is 32.1. The Morgan fingerprint density at radius 1 is 1.30 bits per heavy atom. The van der Waals surface area contributed by atoms with Crippen molar-refractivity contribution in [1.82, 2.24) is 14.3 Å². The second-order valence-electron chi connectivity index (χ2n) is 6.01. The third-order valence-electron chi connectivity index (χ3n) is 4.18. The van der Waals surface area contributed by atoms with E-state index in [9.17, 15) is 4.79 Å². The quantitative estimate of drug-likeness (QED) is 0.735. The number of fused-ring (bicyclic) bond motifs is 1. The fourth-order valence-electron chi connectivity index (χ4n) is 2.68. The van der Waals surface area contributed by atoms with E-state index in [0.29, 0.717) is 12.6 Å². The summed E-state index contributed by atoms with van der Waals surface area (Å²) in [5.74, 6) is 0. The SMILES string of the molecule is Cc1ccc(C(C)N(C)Cc2cc(=O)n3cccc(C)c3n2)s1. The Labute approximate surface area is 140 Å². The molecule has 0 saturated carbocycles. The number of pyridine rings is 1. The average molecular weight is 327 g/mol. The van der Waals surface area contributed by atoms with E-state index in [4.69, 9.17) is 0 Å². The molecule has 5 heteroatoms. The summed E-state index contributed by atoms with van der Waals surface area (Å²) in [7, 11) is 2.07. The normalized spacial score (nSPS) is 12.9. The Balaban J connectivity index is 1.89. The molecule has 3 aromatic heterocycles. The van der Waals surface area contributed by atoms with Crippen molar-refractivity contribution >= 4 is 17.0 Å². The Morgan fingerprint density at radius 2 is 2.09 bits per heavy atom. The van der Waals surface area contributed by atoms with Crippen molar-refractivity contribution in [3.05, 3.63) is 67.9 Å². The van der Waals surface area contributed by atoms with Crippen molar-refractivity contribution in [2.45, 2.75) is 33.4 Å². The maximum atomic E-state index is 12.3. The number of hydrogen-bond donors (Lipinski definition) is 0. The van der Waals surface area contributed by atoms with Crippen LogP contribution in [0.15, 0.2) is 41.3 Å². The van der Waals surface area contributed by atoms with Gasteiger partial charge in [0.2, 0.25) is 0 Å². The molecule has 3 rings (SSSR count). The molecule has 0 aliphatic carbocycles. The van der Waals surface area contributed by atoms with Crippen LogP contribution in [0.3, 0.4) is 0 Å². The van der Waals surface area contributed by atoms with Crippen LogP contribution in [0.25, 0.3) is 5.65 Å². The smallest absolute Gasteiger partial charge is 0.258 e. The van der Waals surface area contributed by atoms with Crippen LogP contribution in [0.4, 0.5) is 0 Å². The van der Waals surface area contributed by atoms with Gasteiger partial charge in [0.15, 0.2) is 0 Å². The topological polar surface area (TPSA) is 37.6 Å². The molecule has 0 saturated heterocycles. The van der Waals surface area contributed by atoms with Crippen molar-refractivity contribution in [1.29, 1.82) is 0 Å². The molecule has 0 amide bonds. The van der Waals surface area contributed by atoms with Crippen molar-refractivity contribution in [3.63, 3.8) is 0 Å². The van der Waals surface area contributed by atoms with E-state index in [0.717, 1.165) is 16.9 Å². The van der Waals surface area contributed by atoms with Gasteiger partial charge < -0.3 is 0 Å². The molecule has 0 fully saturated rings. The molecule has 3 aromatic rings. The van der Waals surface area contributed by atoms with Crippen molar-refractivity contribution in [3.8, 4) is 0 Å². The lowest BCUT2D eigenvalue weighted by Gasteiger charge is -2.23. The zero-order valence-corrected chi connectivity index (χ0v) is 14.7. The Bertz CT molecular complexity index is 897. The predicted molar refractivity (Wildman–Crippen MR) is 95.1 cm³/mol. The lowest BCUT2D eigenvalue weighted by Crippen LogP contribution is -2.24. The molecule has 23 heavy (non-hydrogen) atoms. The van der Waals surface area contributed by atoms with Crippen molar-refractivity contribution in [2.24, 2.45) is 0 Å². The maximum Gasteiger partial charge on any atom is 0.258 e. The minimum atomic E-state index is -0.0262. The van der Waals surface area contributed by atoms with Crippen LogP contribution in [0.5, 0.6) is 0 Å². The van der Waals surface area contributed by atoms with Crippen LogP contribution in [-0.4, -0.2) is 21.3 Å². The van der Waals surface area contributed by atoms with Crippen molar-refractivity contribution < 1.29 is 0 Å². The first-order chi connectivity index (χ1) is 11.0. The highest BCUT2D eigenvalue weighted by Gasteiger charge is 2.15. The van der Waals surface area contributed by atoms with E-state index in [1.807, 2.05) is 30.4 Å². The van der Waals surface area contributed by atoms with Gasteiger partial charge >= 0.3 is 0 Å². The second kappa shape index (κ2) is 6.26. The van der Waals surface area contributed by atoms with Gasteiger partial charge in [0.05, 0.1) is 5.69 Å². The van der Waals surface area contributed by atoms with Crippen LogP contribution in [0.2, 0.25) is 0 Å². The third-order valence-corrected chi connectivity index (χ3v) is 5.36. The van der Waals surface area contributed by atoms with Gasteiger partial charge in [-0.2, -0.15) is 0 Å². The fourth-order valence-corrected chi connectivity index (χ4v) is 3.67. The molecule has 0 N–H and O–H groups in total. The van der Waals surface area contributed by atoms with Gasteiger partial charge in [-0.05, 0) is 51.6 Å². The molecule has 4 nitrogen and oxygen atoms in total. The van der Waals surface area contributed by atoms with E-state index in [1.54, 1.807) is 16.7 Å². The second-order valence-corrected chi connectivity index (χ2v) is 7.33. The molecule has 0 radical (unpaired) electrons. The molecule has 0 aromatic carbocycles. The monoisotopic (exact) mass is 327 g/mol. The van der Waals surface area contributed by atoms with Gasteiger partial charge in [0.1, 0.15) is 5.65 Å². The molecule has 0 bridgehead atoms. The molecular formula is C18H21N3OS. The summed E-state index contributed by atoms with van der Waals surface area (Å²) in [5, 5.41) is 0. The maximum absolute atomic E-state index is 12.3. The Hall–Kier alpha value is -1.98. The molecule has 0 aliphatic rings. The predicted octanol–water partition coefficient (Wildman–Crippen LogP) is 3.57. The van der Waals surface area contributed by atoms with E-state index in [-0.39, 0.29) is 5.56 Å². The zero-order chi connectivity index (χ0) is 16.6. The van der Waals surface area contributed by atoms with E-state index < -0.39 is 0 Å². The molecule has 3 heterocycles. The highest BCUT2D eigenvalue weighted by Crippen LogP contribution is 2.27. The standard InChI is InChI=1S/C18H21N3OS/c1-12-6-5-9-21-17(22)10-15(19-18(12)21)11-20(4)14(3)16-8-7-13(2)23-16/h5-10,14H,11H2,1-4H3. The summed E-state index contributed by atoms with van der Waals surface area (Å²) in [5.41, 5.74) is 2.53. The van der Waals surface area contributed by atoms with Crippen LogP contribution >= 0.6 is 11.3 Å². The molecule has 0 spiro atoms. The summed E-state index contributed by atoms with van der Waals surface area (Å²) in [6, 6.07) is 10.1. The summed E-state index contributed by atoms with van der Waals surface area (Å²) in [6.07, 6.45) is 1.77. The largest absolute Gasteiger partial charge is 0.293 e. The summed E-state index contributed by atoms with van der Waals surface area (Å²) in [4.78, 5) is 21.8. The number of aromatic nitrogens is 2. The molecule has 0 aliphatic heterocycles. The first-order valence-corrected chi connectivity index (χ1v) is 8.52. The van der Waals surface area contributed by atoms with Crippen LogP contribution in [-0.2, 0) is 6.54 Å². The number of thiophene rings is 1. The number of rotatable bonds is 4. The van der Waals surface area contributed by atoms with Crippen molar-refractivity contribution in [2.75, 3.05) is 7.05 Å². The molecule has 1 atom stereocenters. The van der Waals surface area contributed by atoms with Gasteiger partial charge in [-0.15, -0.1) is 11.3 Å². The van der Waals surface area contributed by atoms with Crippen LogP contribution in [0, 0.1) is 13.8 Å². The highest BCUT2D eigenvalue weighted by molar-refractivity contribution is 7.12.